The first kappa shape index (κ1) is 26.3. The maximum absolute atomic E-state index is 12.6. The van der Waals surface area contributed by atoms with Gasteiger partial charge >= 0.3 is 19.2 Å². The van der Waals surface area contributed by atoms with Crippen molar-refractivity contribution >= 4 is 13.6 Å². The van der Waals surface area contributed by atoms with Crippen LogP contribution in [0.3, 0.4) is 0 Å². The van der Waals surface area contributed by atoms with E-state index >= 15 is 0 Å². The Bertz CT molecular complexity index is 1310. The van der Waals surface area contributed by atoms with Gasteiger partial charge in [-0.3, -0.25) is 28.0 Å². The molecule has 0 bridgehead atoms. The lowest BCUT2D eigenvalue weighted by Gasteiger charge is -2.21. The van der Waals surface area contributed by atoms with Gasteiger partial charge in [0.05, 0.1) is 13.2 Å². The van der Waals surface area contributed by atoms with E-state index in [0.717, 1.165) is 21.4 Å². The molecule has 2 aromatic heterocycles. The number of nitrogens with two attached hydrogens (primary N) is 1. The van der Waals surface area contributed by atoms with Crippen molar-refractivity contribution in [2.45, 2.75) is 49.4 Å². The van der Waals surface area contributed by atoms with Crippen LogP contribution < -0.4 is 22.7 Å². The highest BCUT2D eigenvalue weighted by atomic mass is 31.2. The summed E-state index contributed by atoms with van der Waals surface area (Å²) in [5.74, 6) is -0.0110. The number of nitrogens with zero attached hydrogens (tertiary/aromatic N) is 3. The molecule has 0 saturated carbocycles. The lowest BCUT2D eigenvalue weighted by atomic mass is 10.1. The fourth-order valence-corrected chi connectivity index (χ4v) is 4.84. The predicted octanol–water partition coefficient (Wildman–Crippen LogP) is -3.22. The van der Waals surface area contributed by atoms with E-state index in [1.807, 2.05) is 4.98 Å². The van der Waals surface area contributed by atoms with Gasteiger partial charge in [0.25, 0.3) is 5.56 Å². The van der Waals surface area contributed by atoms with Crippen LogP contribution in [0.5, 0.6) is 0 Å². The summed E-state index contributed by atoms with van der Waals surface area (Å²) in [6.07, 6.45) is -7.00. The average molecular weight is 533 g/mol. The van der Waals surface area contributed by atoms with Gasteiger partial charge in [0.1, 0.15) is 42.6 Å². The van der Waals surface area contributed by atoms with E-state index in [9.17, 15) is 39.2 Å². The van der Waals surface area contributed by atoms with Crippen molar-refractivity contribution in [1.82, 2.24) is 19.1 Å². The number of phosphoric acid groups is 1. The standard InChI is InChI=1S/C18H24N5O12P/c19-11-1-3-22(17(28)20-11)13-5-8(9(6-24)33-13)35-36(30,31)32-7-10-14(26)15(27)16(34-10)23-4-2-12(25)21-18(23)29/h1-4,8-10,13-16,24,26-27H,5-7H2,(H,30,31)(H2,19,20,28)(H,21,25,29)/t8-,9+,10+,13+,14+,15+,16+/m0/s1. The van der Waals surface area contributed by atoms with E-state index < -0.39 is 81.0 Å². The van der Waals surface area contributed by atoms with Gasteiger partial charge in [0.2, 0.25) is 0 Å². The lowest BCUT2D eigenvalue weighted by Crippen LogP contribution is -2.37. The third kappa shape index (κ3) is 5.49. The molecule has 0 radical (unpaired) electrons. The zero-order chi connectivity index (χ0) is 26.2. The Morgan fingerprint density at radius 1 is 1.14 bits per heavy atom. The number of phosphoric ester groups is 1. The van der Waals surface area contributed by atoms with E-state index in [0.29, 0.717) is 0 Å². The normalized spacial score (nSPS) is 31.9. The van der Waals surface area contributed by atoms with E-state index in [1.165, 1.54) is 12.3 Å². The van der Waals surface area contributed by atoms with Crippen molar-refractivity contribution in [2.24, 2.45) is 0 Å². The summed E-state index contributed by atoms with van der Waals surface area (Å²) in [5.41, 5.74) is 3.14. The molecule has 0 aromatic carbocycles. The van der Waals surface area contributed by atoms with Crippen LogP contribution in [0.2, 0.25) is 0 Å². The number of aromatic nitrogens is 4. The molecule has 2 aromatic rings. The Kier molecular flexibility index (Phi) is 7.56. The number of hydrogen-bond donors (Lipinski definition) is 6. The minimum absolute atomic E-state index is 0.0110. The number of nitrogens with one attached hydrogen (secondary N) is 1. The van der Waals surface area contributed by atoms with Crippen LogP contribution in [0.1, 0.15) is 18.9 Å². The topological polar surface area (TPSA) is 251 Å². The number of ether oxygens (including phenoxy) is 2. The van der Waals surface area contributed by atoms with Crippen molar-refractivity contribution in [3.05, 3.63) is 55.8 Å². The molecular formula is C18H24N5O12P. The molecule has 1 unspecified atom stereocenters. The predicted molar refractivity (Wildman–Crippen MR) is 116 cm³/mol. The number of aromatic amines is 1. The first-order chi connectivity index (χ1) is 17.0. The maximum atomic E-state index is 12.6. The van der Waals surface area contributed by atoms with Gasteiger partial charge in [-0.05, 0) is 6.07 Å². The van der Waals surface area contributed by atoms with Gasteiger partial charge in [-0.2, -0.15) is 4.98 Å². The number of nitrogen functional groups attached to an aromatic ring is 1. The van der Waals surface area contributed by atoms with Crippen LogP contribution in [0.15, 0.2) is 38.9 Å². The van der Waals surface area contributed by atoms with Crippen molar-refractivity contribution in [2.75, 3.05) is 18.9 Å². The summed E-state index contributed by atoms with van der Waals surface area (Å²) >= 11 is 0. The van der Waals surface area contributed by atoms with Crippen LogP contribution in [-0.2, 0) is 23.1 Å². The molecule has 2 aliphatic heterocycles. The zero-order valence-corrected chi connectivity index (χ0v) is 19.3. The molecule has 0 aliphatic carbocycles. The van der Waals surface area contributed by atoms with Crippen LogP contribution in [0, 0.1) is 0 Å². The number of aliphatic hydroxyl groups is 3. The number of aliphatic hydroxyl groups excluding tert-OH is 3. The Labute approximate surface area is 200 Å². The van der Waals surface area contributed by atoms with Crippen LogP contribution >= 0.6 is 7.82 Å². The highest BCUT2D eigenvalue weighted by molar-refractivity contribution is 7.47. The van der Waals surface area contributed by atoms with E-state index in [1.54, 1.807) is 0 Å². The van der Waals surface area contributed by atoms with Gasteiger partial charge < -0.3 is 35.4 Å². The molecule has 2 aliphatic rings. The van der Waals surface area contributed by atoms with Gasteiger partial charge in [-0.15, -0.1) is 0 Å². The van der Waals surface area contributed by atoms with Gasteiger partial charge in [0.15, 0.2) is 6.23 Å². The fraction of sp³-hybridized carbons (Fsp3) is 0.556. The highest BCUT2D eigenvalue weighted by Gasteiger charge is 2.46. The average Bonchev–Trinajstić information content (AvgIpc) is 3.32. The second-order valence-electron chi connectivity index (χ2n) is 8.06. The molecule has 36 heavy (non-hydrogen) atoms. The molecule has 198 valence electrons. The van der Waals surface area contributed by atoms with Crippen molar-refractivity contribution in [3.63, 3.8) is 0 Å². The largest absolute Gasteiger partial charge is 0.472 e. The van der Waals surface area contributed by atoms with Crippen LogP contribution in [0.4, 0.5) is 5.82 Å². The highest BCUT2D eigenvalue weighted by Crippen LogP contribution is 2.48. The summed E-state index contributed by atoms with van der Waals surface area (Å²) in [5, 5.41) is 30.1. The molecule has 0 amide bonds. The summed E-state index contributed by atoms with van der Waals surface area (Å²) in [7, 11) is -4.84. The van der Waals surface area contributed by atoms with E-state index in [-0.39, 0.29) is 12.2 Å². The molecule has 4 heterocycles. The Hall–Kier alpha value is -2.73. The molecular weight excluding hydrogens is 509 g/mol. The first-order valence-corrected chi connectivity index (χ1v) is 12.1. The Morgan fingerprint density at radius 2 is 1.86 bits per heavy atom. The van der Waals surface area contributed by atoms with Crippen LogP contribution in [0.25, 0.3) is 0 Å². The third-order valence-corrected chi connectivity index (χ3v) is 6.67. The maximum Gasteiger partial charge on any atom is 0.472 e. The molecule has 17 nitrogen and oxygen atoms in total. The van der Waals surface area contributed by atoms with Gasteiger partial charge in [0, 0.05) is 24.9 Å². The fourth-order valence-electron chi connectivity index (χ4n) is 3.88. The molecule has 4 rings (SSSR count). The minimum Gasteiger partial charge on any atom is -0.394 e. The molecule has 7 N–H and O–H groups in total. The smallest absolute Gasteiger partial charge is 0.394 e. The second-order valence-corrected chi connectivity index (χ2v) is 9.47. The number of anilines is 1. The second kappa shape index (κ2) is 10.3. The summed E-state index contributed by atoms with van der Waals surface area (Å²) in [6.45, 7) is -1.34. The quantitative estimate of drug-likeness (QED) is 0.183. The lowest BCUT2D eigenvalue weighted by molar-refractivity contribution is -0.0614. The molecule has 0 spiro atoms. The van der Waals surface area contributed by atoms with E-state index in [4.69, 9.17) is 24.3 Å². The minimum atomic E-state index is -4.84. The monoisotopic (exact) mass is 533 g/mol. The van der Waals surface area contributed by atoms with Crippen molar-refractivity contribution < 1.29 is 43.3 Å². The van der Waals surface area contributed by atoms with E-state index in [2.05, 4.69) is 4.98 Å². The molecule has 2 fully saturated rings. The summed E-state index contributed by atoms with van der Waals surface area (Å²) < 4.78 is 35.5. The SMILES string of the molecule is Nc1ccn([C@H]2C[C@H](OP(=O)(O)OC[C@H]3O[C@@H](n4ccc(=O)[nH]c4=O)[C@H](O)[C@@H]3O)[C@@H](CO)O2)c(=O)n1. The summed E-state index contributed by atoms with van der Waals surface area (Å²) in [4.78, 5) is 51.0. The summed E-state index contributed by atoms with van der Waals surface area (Å²) in [6, 6.07) is 2.36. The Morgan fingerprint density at radius 3 is 2.53 bits per heavy atom. The zero-order valence-electron chi connectivity index (χ0n) is 18.4. The number of H-pyrrole nitrogens is 1. The van der Waals surface area contributed by atoms with Crippen molar-refractivity contribution in [1.29, 1.82) is 0 Å². The first-order valence-electron chi connectivity index (χ1n) is 10.6. The molecule has 18 heteroatoms. The van der Waals surface area contributed by atoms with Gasteiger partial charge in [-0.25, -0.2) is 14.2 Å². The molecule has 8 atom stereocenters. The molecule has 2 saturated heterocycles. The Balaban J connectivity index is 1.39. The number of rotatable bonds is 8. The van der Waals surface area contributed by atoms with Crippen LogP contribution in [-0.4, -0.2) is 83.0 Å². The van der Waals surface area contributed by atoms with Gasteiger partial charge in [-0.1, -0.05) is 0 Å². The van der Waals surface area contributed by atoms with Crippen molar-refractivity contribution in [3.8, 4) is 0 Å². The number of hydrogen-bond acceptors (Lipinski definition) is 13. The third-order valence-electron chi connectivity index (χ3n) is 5.66.